The Morgan fingerprint density at radius 3 is 2.75 bits per heavy atom. The highest BCUT2D eigenvalue weighted by Crippen LogP contribution is 2.22. The highest BCUT2D eigenvalue weighted by atomic mass is 16.3. The van der Waals surface area contributed by atoms with Gasteiger partial charge in [-0.05, 0) is 19.9 Å². The van der Waals surface area contributed by atoms with Gasteiger partial charge in [0.1, 0.15) is 17.3 Å². The number of nitrogens with zero attached hydrogens (tertiary/aromatic N) is 2. The third-order valence-electron chi connectivity index (χ3n) is 2.80. The number of hydrogen-bond acceptors (Lipinski definition) is 3. The molecule has 2 heterocycles. The Balaban J connectivity index is 2.17. The van der Waals surface area contributed by atoms with Crippen LogP contribution in [0.2, 0.25) is 0 Å². The van der Waals surface area contributed by atoms with Gasteiger partial charge in [0.15, 0.2) is 0 Å². The lowest BCUT2D eigenvalue weighted by molar-refractivity contribution is 0.496. The van der Waals surface area contributed by atoms with Crippen LogP contribution >= 0.6 is 0 Å². The van der Waals surface area contributed by atoms with Crippen molar-refractivity contribution in [2.24, 2.45) is 12.8 Å². The van der Waals surface area contributed by atoms with Crippen molar-refractivity contribution in [3.63, 3.8) is 0 Å². The number of aryl methyl sites for hydroxylation is 3. The van der Waals surface area contributed by atoms with E-state index in [4.69, 9.17) is 10.2 Å². The van der Waals surface area contributed by atoms with Crippen LogP contribution in [0.25, 0.3) is 0 Å². The molecule has 1 atom stereocenters. The summed E-state index contributed by atoms with van der Waals surface area (Å²) in [6.07, 6.45) is 4.44. The highest BCUT2D eigenvalue weighted by molar-refractivity contribution is 5.24. The van der Waals surface area contributed by atoms with Crippen LogP contribution in [0.15, 0.2) is 22.9 Å². The summed E-state index contributed by atoms with van der Waals surface area (Å²) < 4.78 is 7.47. The van der Waals surface area contributed by atoms with Crippen molar-refractivity contribution in [1.82, 2.24) is 9.55 Å². The average Bonchev–Trinajstić information content (AvgIpc) is 2.74. The lowest BCUT2D eigenvalue weighted by atomic mass is 10.1. The van der Waals surface area contributed by atoms with Crippen molar-refractivity contribution in [1.29, 1.82) is 0 Å². The van der Waals surface area contributed by atoms with Gasteiger partial charge in [0.25, 0.3) is 0 Å². The van der Waals surface area contributed by atoms with Crippen LogP contribution in [0.5, 0.6) is 0 Å². The van der Waals surface area contributed by atoms with Crippen molar-refractivity contribution in [3.05, 3.63) is 41.4 Å². The molecule has 2 N–H and O–H groups in total. The van der Waals surface area contributed by atoms with Crippen LogP contribution in [0.3, 0.4) is 0 Å². The second-order valence-electron chi connectivity index (χ2n) is 4.13. The lowest BCUT2D eigenvalue weighted by Crippen LogP contribution is -2.16. The van der Waals surface area contributed by atoms with Gasteiger partial charge in [0.2, 0.25) is 0 Å². The molecule has 0 spiro atoms. The summed E-state index contributed by atoms with van der Waals surface area (Å²) in [5.74, 6) is 2.80. The molecule has 16 heavy (non-hydrogen) atoms. The first kappa shape index (κ1) is 11.0. The van der Waals surface area contributed by atoms with E-state index < -0.39 is 0 Å². The normalized spacial score (nSPS) is 13.0. The molecule has 0 aliphatic rings. The smallest absolute Gasteiger partial charge is 0.110 e. The van der Waals surface area contributed by atoms with Crippen molar-refractivity contribution >= 4 is 0 Å². The fraction of sp³-hybridized carbons (Fsp3) is 0.417. The van der Waals surface area contributed by atoms with E-state index in [1.165, 1.54) is 0 Å². The molecule has 0 radical (unpaired) electrons. The number of aromatic nitrogens is 2. The maximum absolute atomic E-state index is 6.16. The molecular formula is C12H17N3O. The number of furan rings is 1. The molecular weight excluding hydrogens is 202 g/mol. The molecule has 2 aromatic rings. The fourth-order valence-electron chi connectivity index (χ4n) is 1.92. The van der Waals surface area contributed by atoms with E-state index in [9.17, 15) is 0 Å². The van der Waals surface area contributed by atoms with Crippen molar-refractivity contribution in [2.75, 3.05) is 0 Å². The van der Waals surface area contributed by atoms with E-state index in [-0.39, 0.29) is 6.04 Å². The van der Waals surface area contributed by atoms with Crippen LogP contribution < -0.4 is 5.73 Å². The zero-order chi connectivity index (χ0) is 11.7. The summed E-state index contributed by atoms with van der Waals surface area (Å²) in [5.41, 5.74) is 7.23. The van der Waals surface area contributed by atoms with E-state index in [1.807, 2.05) is 37.7 Å². The highest BCUT2D eigenvalue weighted by Gasteiger charge is 2.15. The summed E-state index contributed by atoms with van der Waals surface area (Å²) in [6.45, 7) is 3.88. The Hall–Kier alpha value is -1.55. The molecule has 1 unspecified atom stereocenters. The molecule has 0 fully saturated rings. The van der Waals surface area contributed by atoms with E-state index in [0.717, 1.165) is 29.3 Å². The van der Waals surface area contributed by atoms with Crippen molar-refractivity contribution < 1.29 is 4.42 Å². The topological polar surface area (TPSA) is 57.0 Å². The predicted molar refractivity (Wildman–Crippen MR) is 62.0 cm³/mol. The van der Waals surface area contributed by atoms with E-state index in [0.29, 0.717) is 0 Å². The lowest BCUT2D eigenvalue weighted by Gasteiger charge is -2.10. The van der Waals surface area contributed by atoms with Gasteiger partial charge in [0, 0.05) is 37.5 Å². The standard InChI is InChI=1S/C12H17N3O/c1-8-6-10(9(2)16-8)11(13)7-12-14-4-5-15(12)3/h4-6,11H,7,13H2,1-3H3. The monoisotopic (exact) mass is 219 g/mol. The summed E-state index contributed by atoms with van der Waals surface area (Å²) in [7, 11) is 1.97. The van der Waals surface area contributed by atoms with Gasteiger partial charge in [0.05, 0.1) is 0 Å². The summed E-state index contributed by atoms with van der Waals surface area (Å²) >= 11 is 0. The van der Waals surface area contributed by atoms with Crippen molar-refractivity contribution in [3.8, 4) is 0 Å². The molecule has 4 nitrogen and oxygen atoms in total. The van der Waals surface area contributed by atoms with E-state index in [2.05, 4.69) is 4.98 Å². The first-order valence-corrected chi connectivity index (χ1v) is 5.36. The molecule has 0 bridgehead atoms. The Kier molecular flexibility index (Phi) is 2.83. The van der Waals surface area contributed by atoms with Gasteiger partial charge in [-0.3, -0.25) is 0 Å². The second-order valence-corrected chi connectivity index (χ2v) is 4.13. The summed E-state index contributed by atoms with van der Waals surface area (Å²) in [4.78, 5) is 4.27. The molecule has 0 aromatic carbocycles. The van der Waals surface area contributed by atoms with E-state index in [1.54, 1.807) is 6.20 Å². The van der Waals surface area contributed by atoms with Crippen LogP contribution in [-0.4, -0.2) is 9.55 Å². The van der Waals surface area contributed by atoms with Gasteiger partial charge in [-0.15, -0.1) is 0 Å². The Morgan fingerprint density at radius 2 is 2.25 bits per heavy atom. The zero-order valence-corrected chi connectivity index (χ0v) is 9.90. The van der Waals surface area contributed by atoms with Crippen molar-refractivity contribution in [2.45, 2.75) is 26.3 Å². The minimum absolute atomic E-state index is 0.0569. The maximum atomic E-state index is 6.16. The number of imidazole rings is 1. The first-order chi connectivity index (χ1) is 7.58. The molecule has 0 aliphatic heterocycles. The molecule has 0 saturated heterocycles. The van der Waals surface area contributed by atoms with Crippen LogP contribution in [-0.2, 0) is 13.5 Å². The maximum Gasteiger partial charge on any atom is 0.110 e. The van der Waals surface area contributed by atoms with E-state index >= 15 is 0 Å². The number of hydrogen-bond donors (Lipinski definition) is 1. The van der Waals surface area contributed by atoms with Crippen LogP contribution in [0.1, 0.15) is 29.0 Å². The van der Waals surface area contributed by atoms with Crippen LogP contribution in [0, 0.1) is 13.8 Å². The fourth-order valence-corrected chi connectivity index (χ4v) is 1.92. The minimum atomic E-state index is -0.0569. The largest absolute Gasteiger partial charge is 0.466 e. The average molecular weight is 219 g/mol. The Bertz CT molecular complexity index is 484. The Morgan fingerprint density at radius 1 is 1.50 bits per heavy atom. The third kappa shape index (κ3) is 2.02. The first-order valence-electron chi connectivity index (χ1n) is 5.36. The molecule has 2 aromatic heterocycles. The zero-order valence-electron chi connectivity index (χ0n) is 9.90. The van der Waals surface area contributed by atoms with Gasteiger partial charge < -0.3 is 14.7 Å². The van der Waals surface area contributed by atoms with Gasteiger partial charge in [-0.2, -0.15) is 0 Å². The minimum Gasteiger partial charge on any atom is -0.466 e. The molecule has 0 saturated carbocycles. The summed E-state index contributed by atoms with van der Waals surface area (Å²) in [6, 6.07) is 1.95. The van der Waals surface area contributed by atoms with Gasteiger partial charge in [-0.1, -0.05) is 0 Å². The SMILES string of the molecule is Cc1cc(C(N)Cc2nccn2C)c(C)o1. The van der Waals surface area contributed by atoms with Crippen LogP contribution in [0.4, 0.5) is 0 Å². The number of rotatable bonds is 3. The predicted octanol–water partition coefficient (Wildman–Crippen LogP) is 1.87. The summed E-state index contributed by atoms with van der Waals surface area (Å²) in [5, 5.41) is 0. The molecule has 86 valence electrons. The molecule has 0 aliphatic carbocycles. The van der Waals surface area contributed by atoms with Gasteiger partial charge in [-0.25, -0.2) is 4.98 Å². The number of nitrogens with two attached hydrogens (primary N) is 1. The molecule has 0 amide bonds. The Labute approximate surface area is 95.1 Å². The third-order valence-corrected chi connectivity index (χ3v) is 2.80. The quantitative estimate of drug-likeness (QED) is 0.857. The second kappa shape index (κ2) is 4.14. The van der Waals surface area contributed by atoms with Gasteiger partial charge >= 0.3 is 0 Å². The molecule has 4 heteroatoms. The molecule has 2 rings (SSSR count).